The predicted octanol–water partition coefficient (Wildman–Crippen LogP) is 0.0167. The SMILES string of the molecule is C#Cc1ccc(Cc2cc(C3(O)O[C@H](CO)[C@@H](O)[C@H](O)[C@H]3O)ccc2F)cc1. The Bertz CT molecular complexity index is 875. The molecule has 2 aromatic carbocycles. The molecule has 1 fully saturated rings. The number of halogens is 1. The van der Waals surface area contributed by atoms with Crippen LogP contribution in [0.25, 0.3) is 0 Å². The minimum Gasteiger partial charge on any atom is -0.394 e. The molecule has 28 heavy (non-hydrogen) atoms. The van der Waals surface area contributed by atoms with Crippen molar-refractivity contribution >= 4 is 0 Å². The van der Waals surface area contributed by atoms with Gasteiger partial charge in [0, 0.05) is 17.5 Å². The van der Waals surface area contributed by atoms with Crippen molar-refractivity contribution in [2.75, 3.05) is 6.61 Å². The van der Waals surface area contributed by atoms with E-state index in [9.17, 15) is 29.9 Å². The fourth-order valence-corrected chi connectivity index (χ4v) is 3.26. The van der Waals surface area contributed by atoms with Crippen LogP contribution in [0.5, 0.6) is 0 Å². The minimum absolute atomic E-state index is 0.0129. The van der Waals surface area contributed by atoms with Crippen molar-refractivity contribution in [3.05, 3.63) is 70.5 Å². The Labute approximate surface area is 161 Å². The summed E-state index contributed by atoms with van der Waals surface area (Å²) in [5, 5.41) is 50.3. The van der Waals surface area contributed by atoms with Crippen LogP contribution in [0.1, 0.15) is 22.3 Å². The average molecular weight is 388 g/mol. The summed E-state index contributed by atoms with van der Waals surface area (Å²) in [6.07, 6.45) is -1.08. The van der Waals surface area contributed by atoms with Crippen molar-refractivity contribution in [3.63, 3.8) is 0 Å². The molecule has 1 aliphatic heterocycles. The van der Waals surface area contributed by atoms with Gasteiger partial charge in [-0.15, -0.1) is 6.42 Å². The van der Waals surface area contributed by atoms with Gasteiger partial charge in [-0.1, -0.05) is 24.1 Å². The first-order valence-electron chi connectivity index (χ1n) is 8.70. The summed E-state index contributed by atoms with van der Waals surface area (Å²) in [7, 11) is 0. The maximum absolute atomic E-state index is 14.3. The van der Waals surface area contributed by atoms with E-state index in [1.54, 1.807) is 24.3 Å². The van der Waals surface area contributed by atoms with Gasteiger partial charge in [0.1, 0.15) is 30.2 Å². The summed E-state index contributed by atoms with van der Waals surface area (Å²) in [6.45, 7) is -0.692. The normalized spacial score (nSPS) is 30.0. The summed E-state index contributed by atoms with van der Waals surface area (Å²) in [4.78, 5) is 0. The van der Waals surface area contributed by atoms with Crippen LogP contribution in [0.2, 0.25) is 0 Å². The molecule has 0 bridgehead atoms. The Kier molecular flexibility index (Phi) is 5.82. The van der Waals surface area contributed by atoms with E-state index in [4.69, 9.17) is 11.2 Å². The highest BCUT2D eigenvalue weighted by molar-refractivity contribution is 5.38. The molecule has 1 heterocycles. The molecule has 5 atom stereocenters. The lowest BCUT2D eigenvalue weighted by Gasteiger charge is -2.45. The monoisotopic (exact) mass is 388 g/mol. The second-order valence-electron chi connectivity index (χ2n) is 6.79. The fourth-order valence-electron chi connectivity index (χ4n) is 3.26. The highest BCUT2D eigenvalue weighted by Crippen LogP contribution is 2.37. The number of hydrogen-bond donors (Lipinski definition) is 5. The molecule has 6 nitrogen and oxygen atoms in total. The van der Waals surface area contributed by atoms with E-state index in [1.807, 2.05) is 0 Å². The Balaban J connectivity index is 1.94. The smallest absolute Gasteiger partial charge is 0.222 e. The van der Waals surface area contributed by atoms with E-state index in [2.05, 4.69) is 5.92 Å². The van der Waals surface area contributed by atoms with Crippen molar-refractivity contribution in [2.24, 2.45) is 0 Å². The molecule has 1 aliphatic rings. The number of hydrogen-bond acceptors (Lipinski definition) is 6. The molecule has 0 aromatic heterocycles. The molecule has 1 saturated heterocycles. The molecule has 1 unspecified atom stereocenters. The summed E-state index contributed by atoms with van der Waals surface area (Å²) < 4.78 is 19.6. The van der Waals surface area contributed by atoms with Crippen LogP contribution in [0, 0.1) is 18.2 Å². The van der Waals surface area contributed by atoms with E-state index in [0.717, 1.165) is 11.6 Å². The van der Waals surface area contributed by atoms with E-state index in [0.29, 0.717) is 5.56 Å². The van der Waals surface area contributed by atoms with Crippen molar-refractivity contribution in [1.29, 1.82) is 0 Å². The van der Waals surface area contributed by atoms with E-state index in [-0.39, 0.29) is 17.5 Å². The molecule has 3 rings (SSSR count). The summed E-state index contributed by atoms with van der Waals surface area (Å²) in [6, 6.07) is 10.6. The number of terminal acetylenes is 1. The standard InChI is InChI=1S/C21H21FO6/c1-2-12-3-5-13(6-4-12)9-14-10-15(7-8-16(14)22)21(27)20(26)19(25)18(24)17(11-23)28-21/h1,3-8,10,17-20,23-27H,9,11H2/t17-,18-,19+,20-,21?/m1/s1. The Morgan fingerprint density at radius 1 is 1.07 bits per heavy atom. The third-order valence-electron chi connectivity index (χ3n) is 4.94. The third kappa shape index (κ3) is 3.66. The van der Waals surface area contributed by atoms with Gasteiger partial charge in [-0.3, -0.25) is 0 Å². The van der Waals surface area contributed by atoms with Crippen molar-refractivity contribution < 1.29 is 34.7 Å². The maximum atomic E-state index is 14.3. The number of rotatable bonds is 4. The van der Waals surface area contributed by atoms with Crippen LogP contribution < -0.4 is 0 Å². The molecule has 0 aliphatic carbocycles. The van der Waals surface area contributed by atoms with Gasteiger partial charge in [0.2, 0.25) is 5.79 Å². The molecule has 7 heteroatoms. The third-order valence-corrected chi connectivity index (χ3v) is 4.94. The van der Waals surface area contributed by atoms with Crippen LogP contribution >= 0.6 is 0 Å². The number of ether oxygens (including phenoxy) is 1. The molecule has 0 amide bonds. The van der Waals surface area contributed by atoms with Gasteiger partial charge in [-0.2, -0.15) is 0 Å². The Hall–Kier alpha value is -2.31. The fraction of sp³-hybridized carbons (Fsp3) is 0.333. The zero-order valence-corrected chi connectivity index (χ0v) is 14.9. The van der Waals surface area contributed by atoms with Crippen molar-refractivity contribution in [3.8, 4) is 12.3 Å². The van der Waals surface area contributed by atoms with Crippen molar-refractivity contribution in [2.45, 2.75) is 36.6 Å². The second kappa shape index (κ2) is 7.97. The zero-order chi connectivity index (χ0) is 20.5. The lowest BCUT2D eigenvalue weighted by Crippen LogP contribution is -2.63. The van der Waals surface area contributed by atoms with Crippen LogP contribution in [-0.4, -0.2) is 56.6 Å². The van der Waals surface area contributed by atoms with Gasteiger partial charge in [-0.25, -0.2) is 4.39 Å². The summed E-state index contributed by atoms with van der Waals surface area (Å²) in [5.41, 5.74) is 1.67. The highest BCUT2D eigenvalue weighted by Gasteiger charge is 2.53. The van der Waals surface area contributed by atoms with Gasteiger partial charge in [0.05, 0.1) is 6.61 Å². The quantitative estimate of drug-likeness (QED) is 0.473. The molecule has 0 radical (unpaired) electrons. The Morgan fingerprint density at radius 2 is 1.75 bits per heavy atom. The van der Waals surface area contributed by atoms with Gasteiger partial charge >= 0.3 is 0 Å². The summed E-state index contributed by atoms with van der Waals surface area (Å²) in [5.74, 6) is -0.466. The largest absolute Gasteiger partial charge is 0.394 e. The van der Waals surface area contributed by atoms with Crippen LogP contribution in [0.15, 0.2) is 42.5 Å². The lowest BCUT2D eigenvalue weighted by molar-refractivity contribution is -0.357. The van der Waals surface area contributed by atoms with Gasteiger partial charge in [0.25, 0.3) is 0 Å². The highest BCUT2D eigenvalue weighted by atomic mass is 19.1. The van der Waals surface area contributed by atoms with Crippen LogP contribution in [-0.2, 0) is 16.9 Å². The second-order valence-corrected chi connectivity index (χ2v) is 6.79. The van der Waals surface area contributed by atoms with E-state index >= 15 is 0 Å². The first kappa shape index (κ1) is 20.4. The molecule has 148 valence electrons. The number of aliphatic hydroxyl groups excluding tert-OH is 4. The number of aliphatic hydroxyl groups is 5. The van der Waals surface area contributed by atoms with Gasteiger partial charge < -0.3 is 30.3 Å². The summed E-state index contributed by atoms with van der Waals surface area (Å²) >= 11 is 0. The van der Waals surface area contributed by atoms with Gasteiger partial charge in [0.15, 0.2) is 0 Å². The molecular formula is C21H21FO6. The molecule has 0 saturated carbocycles. The predicted molar refractivity (Wildman–Crippen MR) is 97.5 cm³/mol. The molecule has 2 aromatic rings. The lowest BCUT2D eigenvalue weighted by atomic mass is 9.87. The van der Waals surface area contributed by atoms with Crippen LogP contribution in [0.4, 0.5) is 4.39 Å². The maximum Gasteiger partial charge on any atom is 0.222 e. The number of benzene rings is 2. The topological polar surface area (TPSA) is 110 Å². The van der Waals surface area contributed by atoms with E-state index in [1.165, 1.54) is 12.1 Å². The zero-order valence-electron chi connectivity index (χ0n) is 14.9. The minimum atomic E-state index is -2.43. The first-order chi connectivity index (χ1) is 13.3. The first-order valence-corrected chi connectivity index (χ1v) is 8.70. The van der Waals surface area contributed by atoms with E-state index < -0.39 is 42.6 Å². The van der Waals surface area contributed by atoms with Crippen molar-refractivity contribution in [1.82, 2.24) is 0 Å². The van der Waals surface area contributed by atoms with Gasteiger partial charge in [-0.05, 0) is 35.4 Å². The molecule has 5 N–H and O–H groups in total. The van der Waals surface area contributed by atoms with Crippen LogP contribution in [0.3, 0.4) is 0 Å². The molecular weight excluding hydrogens is 367 g/mol. The average Bonchev–Trinajstić information content (AvgIpc) is 2.71. The Morgan fingerprint density at radius 3 is 2.36 bits per heavy atom. The molecule has 0 spiro atoms.